The van der Waals surface area contributed by atoms with Crippen LogP contribution in [0.4, 0.5) is 0 Å². The molecule has 0 spiro atoms. The molecule has 0 saturated carbocycles. The number of rotatable bonds is 5. The monoisotopic (exact) mass is 254 g/mol. The molecule has 1 aromatic carbocycles. The van der Waals surface area contributed by atoms with E-state index in [-0.39, 0.29) is 10.7 Å². The molecule has 19 heavy (non-hydrogen) atoms. The van der Waals surface area contributed by atoms with Crippen molar-refractivity contribution < 1.29 is 0 Å². The van der Waals surface area contributed by atoms with Gasteiger partial charge in [-0.15, -0.1) is 0 Å². The highest BCUT2D eigenvalue weighted by atomic mass is 14.3. The topological polar surface area (TPSA) is 23.8 Å². The van der Waals surface area contributed by atoms with Crippen LogP contribution in [0.5, 0.6) is 0 Å². The van der Waals surface area contributed by atoms with E-state index in [1.165, 1.54) is 0 Å². The molecule has 1 radical (unpaired) electrons. The second kappa shape index (κ2) is 5.82. The Kier molecular flexibility index (Phi) is 4.85. The van der Waals surface area contributed by atoms with Gasteiger partial charge in [-0.05, 0) is 17.4 Å². The quantitative estimate of drug-likeness (QED) is 0.723. The van der Waals surface area contributed by atoms with E-state index in [2.05, 4.69) is 73.1 Å². The number of hydrogen-bond donors (Lipinski definition) is 0. The van der Waals surface area contributed by atoms with Crippen LogP contribution in [-0.4, -0.2) is 7.28 Å². The predicted molar refractivity (Wildman–Crippen MR) is 84.2 cm³/mol. The largest absolute Gasteiger partial charge is 0.192 e. The van der Waals surface area contributed by atoms with E-state index < -0.39 is 0 Å². The Morgan fingerprint density at radius 2 is 1.74 bits per heavy atom. The Balaban J connectivity index is 3.30. The molecule has 2 heteroatoms. The summed E-state index contributed by atoms with van der Waals surface area (Å²) >= 11 is 0. The average Bonchev–Trinajstić information content (AvgIpc) is 2.38. The molecule has 0 bridgehead atoms. The molecule has 0 aliphatic heterocycles. The third-order valence-corrected chi connectivity index (χ3v) is 4.28. The molecule has 0 heterocycles. The maximum absolute atomic E-state index is 9.56. The van der Waals surface area contributed by atoms with E-state index in [9.17, 15) is 5.26 Å². The van der Waals surface area contributed by atoms with Gasteiger partial charge in [0.2, 0.25) is 0 Å². The van der Waals surface area contributed by atoms with E-state index in [1.807, 2.05) is 0 Å². The second-order valence-corrected chi connectivity index (χ2v) is 6.61. The summed E-state index contributed by atoms with van der Waals surface area (Å²) in [6.07, 6.45) is 2.10. The lowest BCUT2D eigenvalue weighted by molar-refractivity contribution is 0.505. The minimum Gasteiger partial charge on any atom is -0.192 e. The summed E-state index contributed by atoms with van der Waals surface area (Å²) in [5, 5.41) is 9.68. The van der Waals surface area contributed by atoms with Crippen molar-refractivity contribution in [2.45, 2.75) is 65.1 Å². The van der Waals surface area contributed by atoms with Crippen molar-refractivity contribution in [2.24, 2.45) is 0 Å². The summed E-state index contributed by atoms with van der Waals surface area (Å²) in [5.41, 5.74) is 3.13. The lowest BCUT2D eigenvalue weighted by atomic mass is 9.48. The zero-order valence-corrected chi connectivity index (χ0v) is 13.2. The van der Waals surface area contributed by atoms with Gasteiger partial charge >= 0.3 is 0 Å². The first-order valence-corrected chi connectivity index (χ1v) is 7.17. The Hall–Kier alpha value is -1.23. The van der Waals surface area contributed by atoms with Crippen molar-refractivity contribution in [3.63, 3.8) is 0 Å². The molecule has 0 amide bonds. The van der Waals surface area contributed by atoms with Crippen molar-refractivity contribution in [2.75, 3.05) is 0 Å². The molecular formula is C17H25BN. The number of nitriles is 1. The summed E-state index contributed by atoms with van der Waals surface area (Å²) < 4.78 is 0. The fourth-order valence-corrected chi connectivity index (χ4v) is 2.09. The van der Waals surface area contributed by atoms with Gasteiger partial charge in [0, 0.05) is 5.56 Å². The van der Waals surface area contributed by atoms with Crippen molar-refractivity contribution >= 4 is 12.7 Å². The SMILES string of the molecule is CCC(C)(C)[B]c1cccc(C(C)(C)CC)c1C#N. The first-order valence-electron chi connectivity index (χ1n) is 7.17. The zero-order valence-electron chi connectivity index (χ0n) is 13.2. The highest BCUT2D eigenvalue weighted by molar-refractivity contribution is 6.57. The third-order valence-electron chi connectivity index (χ3n) is 4.28. The van der Waals surface area contributed by atoms with Crippen LogP contribution in [0.15, 0.2) is 18.2 Å². The maximum atomic E-state index is 9.56. The van der Waals surface area contributed by atoms with Crippen LogP contribution in [-0.2, 0) is 5.41 Å². The molecule has 0 unspecified atom stereocenters. The highest BCUT2D eigenvalue weighted by Gasteiger charge is 2.26. The maximum Gasteiger partial charge on any atom is 0.160 e. The normalized spacial score (nSPS) is 12.1. The van der Waals surface area contributed by atoms with E-state index >= 15 is 0 Å². The van der Waals surface area contributed by atoms with Crippen molar-refractivity contribution in [1.82, 2.24) is 0 Å². The smallest absolute Gasteiger partial charge is 0.160 e. The average molecular weight is 254 g/mol. The second-order valence-electron chi connectivity index (χ2n) is 6.61. The Morgan fingerprint density at radius 3 is 2.21 bits per heavy atom. The van der Waals surface area contributed by atoms with Gasteiger partial charge in [-0.1, -0.05) is 76.9 Å². The Bertz CT molecular complexity index is 481. The molecule has 0 fully saturated rings. The van der Waals surface area contributed by atoms with E-state index in [0.29, 0.717) is 0 Å². The number of hydrogen-bond acceptors (Lipinski definition) is 1. The van der Waals surface area contributed by atoms with Gasteiger partial charge in [-0.2, -0.15) is 5.26 Å². The lowest BCUT2D eigenvalue weighted by Crippen LogP contribution is -2.30. The number of nitrogens with zero attached hydrogens (tertiary/aromatic N) is 1. The molecule has 0 aliphatic rings. The molecule has 0 aliphatic carbocycles. The first-order chi connectivity index (χ1) is 8.77. The van der Waals surface area contributed by atoms with Gasteiger partial charge in [-0.25, -0.2) is 0 Å². The minimum atomic E-state index is 0.0469. The molecule has 0 N–H and O–H groups in total. The Labute approximate surface area is 119 Å². The van der Waals surface area contributed by atoms with Crippen molar-refractivity contribution in [3.8, 4) is 6.07 Å². The van der Waals surface area contributed by atoms with Gasteiger partial charge < -0.3 is 0 Å². The molecular weight excluding hydrogens is 229 g/mol. The summed E-state index contributed by atoms with van der Waals surface area (Å²) in [6.45, 7) is 13.2. The summed E-state index contributed by atoms with van der Waals surface area (Å²) in [6, 6.07) is 8.65. The third kappa shape index (κ3) is 3.63. The summed E-state index contributed by atoms with van der Waals surface area (Å²) in [4.78, 5) is 0. The first kappa shape index (κ1) is 15.8. The van der Waals surface area contributed by atoms with E-state index in [4.69, 9.17) is 0 Å². The molecule has 0 aromatic heterocycles. The number of benzene rings is 1. The molecule has 0 atom stereocenters. The van der Waals surface area contributed by atoms with Crippen LogP contribution in [0.2, 0.25) is 5.31 Å². The minimum absolute atomic E-state index is 0.0469. The molecule has 1 rings (SSSR count). The van der Waals surface area contributed by atoms with Gasteiger partial charge in [0.15, 0.2) is 7.28 Å². The van der Waals surface area contributed by atoms with Gasteiger partial charge in [0.25, 0.3) is 0 Å². The van der Waals surface area contributed by atoms with Crippen molar-refractivity contribution in [1.29, 1.82) is 5.26 Å². The highest BCUT2D eigenvalue weighted by Crippen LogP contribution is 2.31. The van der Waals surface area contributed by atoms with Gasteiger partial charge in [0.1, 0.15) is 0 Å². The van der Waals surface area contributed by atoms with Gasteiger partial charge in [0.05, 0.1) is 6.07 Å². The summed E-state index contributed by atoms with van der Waals surface area (Å²) in [5.74, 6) is 0. The summed E-state index contributed by atoms with van der Waals surface area (Å²) in [7, 11) is 2.24. The van der Waals surface area contributed by atoms with Crippen LogP contribution in [0, 0.1) is 11.3 Å². The van der Waals surface area contributed by atoms with Crippen LogP contribution in [0.3, 0.4) is 0 Å². The fraction of sp³-hybridized carbons (Fsp3) is 0.588. The van der Waals surface area contributed by atoms with Crippen LogP contribution < -0.4 is 5.46 Å². The zero-order chi connectivity index (χ0) is 14.7. The van der Waals surface area contributed by atoms with Crippen molar-refractivity contribution in [3.05, 3.63) is 29.3 Å². The molecule has 101 valence electrons. The van der Waals surface area contributed by atoms with Gasteiger partial charge in [-0.3, -0.25) is 0 Å². The van der Waals surface area contributed by atoms with Crippen LogP contribution in [0.25, 0.3) is 0 Å². The lowest BCUT2D eigenvalue weighted by Gasteiger charge is -2.27. The van der Waals surface area contributed by atoms with Crippen LogP contribution >= 0.6 is 0 Å². The van der Waals surface area contributed by atoms with E-state index in [1.54, 1.807) is 0 Å². The molecule has 1 aromatic rings. The van der Waals surface area contributed by atoms with Crippen LogP contribution in [0.1, 0.15) is 65.5 Å². The van der Waals surface area contributed by atoms with E-state index in [0.717, 1.165) is 29.4 Å². The fourth-order valence-electron chi connectivity index (χ4n) is 2.09. The predicted octanol–water partition coefficient (Wildman–Crippen LogP) is 4.18. The molecule has 1 nitrogen and oxygen atoms in total. The standard InChI is InChI=1S/C17H25BN/c1-7-16(3,4)14-10-9-11-15(13(14)12-19)18-17(5,6)8-2/h9-11H,7-8H2,1-6H3. The molecule has 0 saturated heterocycles. The Morgan fingerprint density at radius 1 is 1.11 bits per heavy atom.